The van der Waals surface area contributed by atoms with Gasteiger partial charge in [0, 0.05) is 29.3 Å². The first-order chi connectivity index (χ1) is 19.7. The lowest BCUT2D eigenvalue weighted by molar-refractivity contribution is -0.660. The highest BCUT2D eigenvalue weighted by Crippen LogP contribution is 2.40. The fourth-order valence-electron chi connectivity index (χ4n) is 5.13. The van der Waals surface area contributed by atoms with E-state index in [0.717, 1.165) is 44.3 Å². The molecule has 5 rings (SSSR count). The maximum Gasteiger partial charge on any atom is 0.216 e. The summed E-state index contributed by atoms with van der Waals surface area (Å²) in [4.78, 5) is 0. The Labute approximate surface area is 230 Å². The van der Waals surface area contributed by atoms with Crippen LogP contribution in [-0.2, 0) is 18.8 Å². The molecule has 0 aliphatic heterocycles. The first-order valence-electron chi connectivity index (χ1n) is 15.8. The number of aromatic nitrogens is 1. The number of rotatable bonds is 3. The van der Waals surface area contributed by atoms with Gasteiger partial charge < -0.3 is 4.42 Å². The topological polar surface area (TPSA) is 17.0 Å². The molecule has 0 unspecified atom stereocenters. The second kappa shape index (κ2) is 8.87. The van der Waals surface area contributed by atoms with Gasteiger partial charge in [-0.05, 0) is 64.9 Å². The van der Waals surface area contributed by atoms with Gasteiger partial charge in [-0.3, -0.25) is 0 Å². The lowest BCUT2D eigenvalue weighted by Crippen LogP contribution is -2.34. The molecule has 2 nitrogen and oxygen atoms in total. The number of benzene rings is 3. The van der Waals surface area contributed by atoms with Gasteiger partial charge >= 0.3 is 0 Å². The summed E-state index contributed by atoms with van der Waals surface area (Å²) in [5.41, 5.74) is 5.10. The van der Waals surface area contributed by atoms with E-state index in [2.05, 4.69) is 32.9 Å². The predicted octanol–water partition coefficient (Wildman–Crippen LogP) is 9.25. The van der Waals surface area contributed by atoms with E-state index in [-0.39, 0.29) is 22.6 Å². The summed E-state index contributed by atoms with van der Waals surface area (Å²) in [6, 6.07) is 17.0. The normalized spacial score (nSPS) is 15.7. The Hall–Kier alpha value is -3.39. The van der Waals surface area contributed by atoms with Gasteiger partial charge in [0.25, 0.3) is 0 Å². The quantitative estimate of drug-likeness (QED) is 0.227. The Balaban J connectivity index is 1.90. The van der Waals surface area contributed by atoms with Crippen molar-refractivity contribution < 1.29 is 17.2 Å². The maximum atomic E-state index is 9.19. The minimum atomic E-state index is -2.57. The van der Waals surface area contributed by atoms with E-state index in [1.165, 1.54) is 12.1 Å². The molecule has 0 bridgehead atoms. The van der Waals surface area contributed by atoms with Crippen molar-refractivity contribution >= 4 is 21.9 Å². The van der Waals surface area contributed by atoms with Crippen molar-refractivity contribution in [1.29, 1.82) is 0 Å². The minimum absolute atomic E-state index is 0.0132. The largest absolute Gasteiger partial charge is 0.455 e. The first kappa shape index (κ1) is 18.8. The molecule has 190 valence electrons. The third-order valence-corrected chi connectivity index (χ3v) is 6.82. The lowest BCUT2D eigenvalue weighted by Gasteiger charge is -2.24. The van der Waals surface area contributed by atoms with Crippen LogP contribution in [0.3, 0.4) is 0 Å². The second-order valence-corrected chi connectivity index (χ2v) is 12.1. The van der Waals surface area contributed by atoms with E-state index >= 15 is 0 Å². The summed E-state index contributed by atoms with van der Waals surface area (Å²) in [7, 11) is 1.97. The van der Waals surface area contributed by atoms with Crippen LogP contribution in [0.2, 0.25) is 0 Å². The molecule has 37 heavy (non-hydrogen) atoms. The number of para-hydroxylation sites is 1. The molecule has 0 saturated heterocycles. The van der Waals surface area contributed by atoms with E-state index in [0.29, 0.717) is 11.1 Å². The molecule has 0 N–H and O–H groups in total. The van der Waals surface area contributed by atoms with E-state index in [1.807, 2.05) is 55.1 Å². The zero-order valence-corrected chi connectivity index (χ0v) is 23.1. The van der Waals surface area contributed by atoms with Crippen LogP contribution in [0.1, 0.15) is 72.0 Å². The Morgan fingerprint density at radius 2 is 1.68 bits per heavy atom. The number of fused-ring (bicyclic) bond motifs is 3. The van der Waals surface area contributed by atoms with Gasteiger partial charge in [-0.25, -0.2) is 4.57 Å². The fourth-order valence-corrected chi connectivity index (χ4v) is 5.13. The zero-order valence-electron chi connectivity index (χ0n) is 29.1. The first-order valence-corrected chi connectivity index (χ1v) is 12.8. The summed E-state index contributed by atoms with van der Waals surface area (Å²) in [5, 5.41) is 2.02. The smallest absolute Gasteiger partial charge is 0.216 e. The number of furan rings is 1. The highest BCUT2D eigenvalue weighted by Gasteiger charge is 2.28. The van der Waals surface area contributed by atoms with Crippen molar-refractivity contribution in [1.82, 2.24) is 0 Å². The van der Waals surface area contributed by atoms with E-state index < -0.39 is 18.6 Å². The Kier molecular flexibility index (Phi) is 4.51. The minimum Gasteiger partial charge on any atom is -0.455 e. The Morgan fingerprint density at radius 3 is 2.38 bits per heavy atom. The van der Waals surface area contributed by atoms with Crippen LogP contribution in [0.5, 0.6) is 0 Å². The van der Waals surface area contributed by atoms with Crippen molar-refractivity contribution in [2.45, 2.75) is 67.1 Å². The molecule has 2 heteroatoms. The zero-order chi connectivity index (χ0) is 31.9. The molecule has 0 saturated carbocycles. The van der Waals surface area contributed by atoms with Gasteiger partial charge in [0.05, 0.1) is 6.93 Å². The van der Waals surface area contributed by atoms with Crippen molar-refractivity contribution in [3.05, 3.63) is 89.1 Å². The summed E-state index contributed by atoms with van der Waals surface area (Å²) in [6.07, 6.45) is 0.174. The second-order valence-electron chi connectivity index (χ2n) is 12.1. The van der Waals surface area contributed by atoms with Crippen LogP contribution >= 0.6 is 0 Å². The summed E-state index contributed by atoms with van der Waals surface area (Å²) >= 11 is 0. The average Bonchev–Trinajstić information content (AvgIpc) is 3.25. The SMILES string of the molecule is [2H]c1cc(C([2H])([2H])C(C)(C)C)cc(C([2H])([2H])[2H])c1-c1cc(-c2c(C)ccc3c2oc2ccccc23)[n+](C)cc1C(C)(C)C. The third kappa shape index (κ3) is 4.70. The third-order valence-electron chi connectivity index (χ3n) is 6.82. The molecule has 0 radical (unpaired) electrons. The molecule has 3 aromatic carbocycles. The molecule has 5 aromatic rings. The van der Waals surface area contributed by atoms with E-state index in [9.17, 15) is 1.37 Å². The number of aryl methyl sites for hydroxylation is 3. The summed E-state index contributed by atoms with van der Waals surface area (Å²) in [5.74, 6) is 0. The van der Waals surface area contributed by atoms with E-state index in [1.54, 1.807) is 20.8 Å². The summed E-state index contributed by atoms with van der Waals surface area (Å²) < 4.78 is 60.9. The van der Waals surface area contributed by atoms with Gasteiger partial charge in [-0.2, -0.15) is 0 Å². The molecule has 0 aliphatic carbocycles. The van der Waals surface area contributed by atoms with Crippen LogP contribution in [-0.4, -0.2) is 0 Å². The van der Waals surface area contributed by atoms with Gasteiger partial charge in [0.2, 0.25) is 5.69 Å². The molecule has 0 fully saturated rings. The maximum absolute atomic E-state index is 9.19. The molecule has 2 heterocycles. The van der Waals surface area contributed by atoms with Gasteiger partial charge in [0.15, 0.2) is 6.20 Å². The number of nitrogens with zero attached hydrogens (tertiary/aromatic N) is 1. The van der Waals surface area contributed by atoms with Gasteiger partial charge in [0.1, 0.15) is 18.2 Å². The summed E-state index contributed by atoms with van der Waals surface area (Å²) in [6.45, 7) is 11.0. The molecular weight excluding hydrogens is 450 g/mol. The molecule has 0 aliphatic rings. The average molecular weight is 497 g/mol. The Morgan fingerprint density at radius 1 is 0.919 bits per heavy atom. The van der Waals surface area contributed by atoms with E-state index in [4.69, 9.17) is 11.3 Å². The van der Waals surface area contributed by atoms with Crippen LogP contribution in [0.15, 0.2) is 71.3 Å². The molecule has 0 atom stereocenters. The Bertz CT molecular complexity index is 1880. The van der Waals surface area contributed by atoms with Crippen molar-refractivity contribution in [2.75, 3.05) is 0 Å². The van der Waals surface area contributed by atoms with Crippen LogP contribution in [0.4, 0.5) is 0 Å². The molecule has 0 amide bonds. The number of hydrogen-bond donors (Lipinski definition) is 0. The number of hydrogen-bond acceptors (Lipinski definition) is 1. The fraction of sp³-hybridized carbons (Fsp3) is 0.343. The highest BCUT2D eigenvalue weighted by molar-refractivity contribution is 6.09. The van der Waals surface area contributed by atoms with Gasteiger partial charge in [-0.1, -0.05) is 90.0 Å². The van der Waals surface area contributed by atoms with Crippen molar-refractivity contribution in [3.63, 3.8) is 0 Å². The van der Waals surface area contributed by atoms with Crippen LogP contribution < -0.4 is 4.57 Å². The van der Waals surface area contributed by atoms with Crippen LogP contribution in [0.25, 0.3) is 44.3 Å². The number of pyridine rings is 1. The van der Waals surface area contributed by atoms with Gasteiger partial charge in [-0.15, -0.1) is 0 Å². The highest BCUT2D eigenvalue weighted by atomic mass is 16.3. The van der Waals surface area contributed by atoms with Crippen LogP contribution in [0, 0.1) is 19.2 Å². The molecule has 2 aromatic heterocycles. The monoisotopic (exact) mass is 496 g/mol. The van der Waals surface area contributed by atoms with Crippen molar-refractivity contribution in [3.8, 4) is 22.4 Å². The standard InChI is InChI=1S/C35H40NO/c1-22-14-16-27-26-12-10-11-13-31(26)37-33(27)32(22)30-19-28(29(21-36(30)9)35(6,7)8)25-17-15-24(18-23(25)2)20-34(3,4)5/h10-19,21H,20H2,1-9H3/q+1/i2D3,17D,20D2. The predicted molar refractivity (Wildman–Crippen MR) is 157 cm³/mol. The molecular formula is C35H40NO+. The molecule has 0 spiro atoms. The lowest BCUT2D eigenvalue weighted by atomic mass is 9.80. The van der Waals surface area contributed by atoms with Crippen molar-refractivity contribution in [2.24, 2.45) is 12.5 Å².